The van der Waals surface area contributed by atoms with E-state index in [1.54, 1.807) is 6.08 Å². The van der Waals surface area contributed by atoms with Crippen LogP contribution in [0.5, 0.6) is 0 Å². The first-order chi connectivity index (χ1) is 40.1. The minimum Gasteiger partial charge on any atom is -0.394 e. The fraction of sp³-hybridized carbons (Fsp3) is 0.956. The van der Waals surface area contributed by atoms with Gasteiger partial charge in [0.15, 0.2) is 12.6 Å². The van der Waals surface area contributed by atoms with Crippen LogP contribution >= 0.6 is 0 Å². The number of nitrogens with one attached hydrogen (secondary N) is 1. The molecule has 0 radical (unpaired) electrons. The molecule has 0 aromatic heterocycles. The van der Waals surface area contributed by atoms with Gasteiger partial charge in [0.05, 0.1) is 32.0 Å². The van der Waals surface area contributed by atoms with E-state index in [2.05, 4.69) is 19.2 Å². The molecule has 1 amide bonds. The second kappa shape index (κ2) is 53.9. The van der Waals surface area contributed by atoms with Gasteiger partial charge in [-0.25, -0.2) is 0 Å². The predicted molar refractivity (Wildman–Crippen MR) is 332 cm³/mol. The summed E-state index contributed by atoms with van der Waals surface area (Å²) in [6.45, 7) is 2.76. The molecule has 9 N–H and O–H groups in total. The average Bonchev–Trinajstić information content (AvgIpc) is 3.60. The van der Waals surface area contributed by atoms with E-state index in [0.29, 0.717) is 6.42 Å². The summed E-state index contributed by atoms with van der Waals surface area (Å²) in [6.07, 6.45) is 49.4. The van der Waals surface area contributed by atoms with Gasteiger partial charge in [0.2, 0.25) is 5.91 Å². The Hall–Kier alpha value is -1.27. The van der Waals surface area contributed by atoms with Crippen molar-refractivity contribution in [2.24, 2.45) is 0 Å². The lowest BCUT2D eigenvalue weighted by Gasteiger charge is -2.46. The molecule has 2 fully saturated rings. The number of carbonyl (C=O) groups excluding carboxylic acids is 1. The third-order valence-corrected chi connectivity index (χ3v) is 17.5. The van der Waals surface area contributed by atoms with E-state index in [9.17, 15) is 45.6 Å². The number of allylic oxidation sites excluding steroid dienone is 1. The molecule has 2 rings (SSSR count). The number of aliphatic hydroxyl groups excluding tert-OH is 8. The summed E-state index contributed by atoms with van der Waals surface area (Å²) < 4.78 is 22.7. The first-order valence-corrected chi connectivity index (χ1v) is 34.9. The second-order valence-electron chi connectivity index (χ2n) is 25.0. The van der Waals surface area contributed by atoms with Crippen LogP contribution in [0.4, 0.5) is 0 Å². The summed E-state index contributed by atoms with van der Waals surface area (Å²) in [6, 6.07) is -0.907. The first kappa shape index (κ1) is 76.8. The molecule has 486 valence electrons. The van der Waals surface area contributed by atoms with Crippen molar-refractivity contribution in [1.29, 1.82) is 0 Å². The van der Waals surface area contributed by atoms with Gasteiger partial charge in [-0.1, -0.05) is 309 Å². The van der Waals surface area contributed by atoms with Crippen molar-refractivity contribution in [1.82, 2.24) is 5.32 Å². The standard InChI is InChI=1S/C68H131NO13/c1-3-5-7-9-11-12-13-14-15-16-17-18-19-20-21-22-23-24-25-26-27-28-29-30-31-32-33-34-35-36-37-38-39-40-41-42-43-44-46-48-50-52-60(73)69-56(57(72)51-49-47-45-10-8-6-4-2)55-79-67-65(78)63(76)66(59(54-71)81-67)82-68-64(77)62(75)61(74)58(53-70)80-68/h49,51,56-59,61-68,70-72,74-78H,3-48,50,52-55H2,1-2H3,(H,69,73)/b51-49+. The summed E-state index contributed by atoms with van der Waals surface area (Å²) >= 11 is 0. The minimum absolute atomic E-state index is 0.237. The van der Waals surface area contributed by atoms with Crippen LogP contribution in [0.2, 0.25) is 0 Å². The molecule has 0 aromatic rings. The number of hydrogen-bond acceptors (Lipinski definition) is 13. The Bertz CT molecular complexity index is 1420. The van der Waals surface area contributed by atoms with Gasteiger partial charge < -0.3 is 65.1 Å². The van der Waals surface area contributed by atoms with Crippen molar-refractivity contribution in [3.05, 3.63) is 12.2 Å². The summed E-state index contributed by atoms with van der Waals surface area (Å²) in [5.74, 6) is -0.237. The van der Waals surface area contributed by atoms with Crippen LogP contribution in [0, 0.1) is 0 Å². The van der Waals surface area contributed by atoms with Crippen LogP contribution < -0.4 is 5.32 Å². The Morgan fingerprint density at radius 1 is 0.427 bits per heavy atom. The lowest BCUT2D eigenvalue weighted by Crippen LogP contribution is -2.65. The molecule has 12 atom stereocenters. The quantitative estimate of drug-likeness (QED) is 0.0204. The van der Waals surface area contributed by atoms with Gasteiger partial charge in [0.1, 0.15) is 48.8 Å². The molecular formula is C68H131NO13. The van der Waals surface area contributed by atoms with E-state index < -0.39 is 86.8 Å². The highest BCUT2D eigenvalue weighted by Crippen LogP contribution is 2.30. The number of ether oxygens (including phenoxy) is 4. The molecule has 82 heavy (non-hydrogen) atoms. The Kier molecular flexibility index (Phi) is 50.5. The van der Waals surface area contributed by atoms with Crippen LogP contribution in [-0.4, -0.2) is 140 Å². The molecule has 0 saturated carbocycles. The molecule has 14 nitrogen and oxygen atoms in total. The lowest BCUT2D eigenvalue weighted by molar-refractivity contribution is -0.359. The maximum atomic E-state index is 13.2. The topological polar surface area (TPSA) is 228 Å². The van der Waals surface area contributed by atoms with Crippen molar-refractivity contribution >= 4 is 5.91 Å². The largest absolute Gasteiger partial charge is 0.394 e. The van der Waals surface area contributed by atoms with Crippen molar-refractivity contribution < 1.29 is 64.6 Å². The third kappa shape index (κ3) is 38.1. The van der Waals surface area contributed by atoms with Crippen LogP contribution in [0.3, 0.4) is 0 Å². The molecule has 0 bridgehead atoms. The zero-order valence-electron chi connectivity index (χ0n) is 52.8. The van der Waals surface area contributed by atoms with Gasteiger partial charge in [-0.05, 0) is 19.3 Å². The number of unbranched alkanes of at least 4 members (excludes halogenated alkanes) is 45. The van der Waals surface area contributed by atoms with E-state index in [0.717, 1.165) is 51.4 Å². The number of rotatable bonds is 58. The van der Waals surface area contributed by atoms with Crippen molar-refractivity contribution in [3.63, 3.8) is 0 Å². The van der Waals surface area contributed by atoms with E-state index in [1.165, 1.54) is 244 Å². The van der Waals surface area contributed by atoms with Gasteiger partial charge in [-0.15, -0.1) is 0 Å². The maximum Gasteiger partial charge on any atom is 0.220 e. The van der Waals surface area contributed by atoms with Gasteiger partial charge in [0, 0.05) is 6.42 Å². The Balaban J connectivity index is 1.45. The summed E-state index contributed by atoms with van der Waals surface area (Å²) in [5, 5.41) is 86.7. The minimum atomic E-state index is -1.78. The lowest BCUT2D eigenvalue weighted by atomic mass is 9.97. The van der Waals surface area contributed by atoms with E-state index in [1.807, 2.05) is 6.08 Å². The fourth-order valence-corrected chi connectivity index (χ4v) is 11.9. The normalized spacial score (nSPS) is 23.9. The van der Waals surface area contributed by atoms with Gasteiger partial charge in [-0.3, -0.25) is 4.79 Å². The zero-order valence-corrected chi connectivity index (χ0v) is 52.8. The highest BCUT2D eigenvalue weighted by molar-refractivity contribution is 5.76. The van der Waals surface area contributed by atoms with Crippen LogP contribution in [-0.2, 0) is 23.7 Å². The summed E-state index contributed by atoms with van der Waals surface area (Å²) in [7, 11) is 0. The monoisotopic (exact) mass is 1170 g/mol. The highest BCUT2D eigenvalue weighted by atomic mass is 16.7. The smallest absolute Gasteiger partial charge is 0.220 e. The van der Waals surface area contributed by atoms with E-state index >= 15 is 0 Å². The number of carbonyl (C=O) groups is 1. The molecule has 2 heterocycles. The number of amides is 1. The number of hydrogen-bond donors (Lipinski definition) is 9. The average molecular weight is 1170 g/mol. The molecule has 12 unspecified atom stereocenters. The molecule has 0 aliphatic carbocycles. The van der Waals surface area contributed by atoms with Gasteiger partial charge >= 0.3 is 0 Å². The summed E-state index contributed by atoms with van der Waals surface area (Å²) in [5.41, 5.74) is 0. The van der Waals surface area contributed by atoms with Gasteiger partial charge in [0.25, 0.3) is 0 Å². The first-order valence-electron chi connectivity index (χ1n) is 34.9. The highest BCUT2D eigenvalue weighted by Gasteiger charge is 2.51. The van der Waals surface area contributed by atoms with Crippen molar-refractivity contribution in [3.8, 4) is 0 Å². The Labute approximate surface area is 501 Å². The van der Waals surface area contributed by atoms with Crippen LogP contribution in [0.25, 0.3) is 0 Å². The maximum absolute atomic E-state index is 13.2. The van der Waals surface area contributed by atoms with E-state index in [4.69, 9.17) is 18.9 Å². The fourth-order valence-electron chi connectivity index (χ4n) is 11.9. The molecule has 0 aromatic carbocycles. The molecule has 2 saturated heterocycles. The van der Waals surface area contributed by atoms with Crippen molar-refractivity contribution in [2.45, 2.75) is 396 Å². The van der Waals surface area contributed by atoms with Gasteiger partial charge in [-0.2, -0.15) is 0 Å². The zero-order chi connectivity index (χ0) is 59.5. The predicted octanol–water partition coefficient (Wildman–Crippen LogP) is 13.8. The Morgan fingerprint density at radius 3 is 1.12 bits per heavy atom. The third-order valence-electron chi connectivity index (χ3n) is 17.5. The number of aliphatic hydroxyl groups is 8. The van der Waals surface area contributed by atoms with E-state index in [-0.39, 0.29) is 18.9 Å². The molecule has 0 spiro atoms. The summed E-state index contributed by atoms with van der Waals surface area (Å²) in [4.78, 5) is 13.2. The molecule has 14 heteroatoms. The van der Waals surface area contributed by atoms with Crippen molar-refractivity contribution in [2.75, 3.05) is 19.8 Å². The Morgan fingerprint density at radius 2 is 0.756 bits per heavy atom. The van der Waals surface area contributed by atoms with Crippen LogP contribution in [0.1, 0.15) is 322 Å². The SMILES string of the molecule is CCCCCCC/C=C/C(O)C(COC1OC(CO)C(OC2OC(CO)C(O)C(O)C2O)C(O)C1O)NC(=O)CCCCCCCCCCCCCCCCCCCCCCCCCCCCCCCCCCCCCCCCCCC. The van der Waals surface area contributed by atoms with Crippen LogP contribution in [0.15, 0.2) is 12.2 Å². The molecular weight excluding hydrogens is 1040 g/mol. The molecule has 2 aliphatic heterocycles. The molecule has 2 aliphatic rings. The second-order valence-corrected chi connectivity index (χ2v) is 25.0.